The number of carbonyl (C=O) groups is 2. The van der Waals surface area contributed by atoms with Gasteiger partial charge in [0.25, 0.3) is 11.8 Å². The van der Waals surface area contributed by atoms with Gasteiger partial charge in [0, 0.05) is 16.5 Å². The number of carbonyl (C=O) groups excluding carboxylic acids is 2. The lowest BCUT2D eigenvalue weighted by Crippen LogP contribution is -2.40. The highest BCUT2D eigenvalue weighted by Gasteiger charge is 2.23. The molecule has 0 bridgehead atoms. The van der Waals surface area contributed by atoms with Crippen molar-refractivity contribution in [3.8, 4) is 0 Å². The van der Waals surface area contributed by atoms with Crippen molar-refractivity contribution in [2.75, 3.05) is 5.32 Å². The summed E-state index contributed by atoms with van der Waals surface area (Å²) in [5, 5.41) is 7.06. The van der Waals surface area contributed by atoms with Gasteiger partial charge in [0.1, 0.15) is 4.88 Å². The fourth-order valence-electron chi connectivity index (χ4n) is 2.94. The first-order valence-corrected chi connectivity index (χ1v) is 10.7. The van der Waals surface area contributed by atoms with Crippen molar-refractivity contribution in [1.82, 2.24) is 5.32 Å². The minimum atomic E-state index is -0.365. The quantitative estimate of drug-likeness (QED) is 0.501. The molecule has 3 rings (SSSR count). The molecule has 0 saturated heterocycles. The normalized spacial score (nSPS) is 11.7. The third kappa shape index (κ3) is 4.80. The van der Waals surface area contributed by atoms with Crippen molar-refractivity contribution in [1.29, 1.82) is 0 Å². The summed E-state index contributed by atoms with van der Waals surface area (Å²) in [5.41, 5.74) is 2.04. The molecule has 1 aromatic heterocycles. The third-order valence-electron chi connectivity index (χ3n) is 4.44. The first kappa shape index (κ1) is 21.3. The maximum atomic E-state index is 12.7. The number of hydrogen-bond acceptors (Lipinski definition) is 3. The molecule has 0 aliphatic carbocycles. The zero-order chi connectivity index (χ0) is 21.3. The highest BCUT2D eigenvalue weighted by Crippen LogP contribution is 2.39. The molecule has 3 aromatic rings. The maximum absolute atomic E-state index is 12.7. The van der Waals surface area contributed by atoms with E-state index in [0.29, 0.717) is 27.1 Å². The van der Waals surface area contributed by atoms with Crippen LogP contribution in [0.25, 0.3) is 10.1 Å². The summed E-state index contributed by atoms with van der Waals surface area (Å²) < 4.78 is 0.781. The Balaban J connectivity index is 1.91. The molecule has 2 amide bonds. The van der Waals surface area contributed by atoms with Gasteiger partial charge in [-0.05, 0) is 50.5 Å². The second-order valence-corrected chi connectivity index (χ2v) is 9.76. The molecule has 2 aromatic carbocycles. The molecule has 1 heterocycles. The standard InChI is InChI=1S/C23H25ClN2O2S/c1-13(2)14-9-11-15(12-10-14)21(27)25-17-8-6-7-16-18(24)20(29-19(16)17)22(28)26-23(3,4)5/h6-13H,1-5H3,(H,25,27)(H,26,28). The van der Waals surface area contributed by atoms with Crippen LogP contribution in [0.1, 0.15) is 66.1 Å². The van der Waals surface area contributed by atoms with Gasteiger partial charge in [0.15, 0.2) is 0 Å². The van der Waals surface area contributed by atoms with E-state index in [-0.39, 0.29) is 17.4 Å². The molecule has 2 N–H and O–H groups in total. The number of anilines is 1. The lowest BCUT2D eigenvalue weighted by molar-refractivity contribution is 0.0923. The monoisotopic (exact) mass is 428 g/mol. The van der Waals surface area contributed by atoms with E-state index in [9.17, 15) is 9.59 Å². The van der Waals surface area contributed by atoms with Crippen molar-refractivity contribution < 1.29 is 9.59 Å². The summed E-state index contributed by atoms with van der Waals surface area (Å²) in [4.78, 5) is 25.8. The Kier molecular flexibility index (Phi) is 6.01. The number of hydrogen-bond donors (Lipinski definition) is 2. The van der Waals surface area contributed by atoms with Crippen molar-refractivity contribution >= 4 is 50.5 Å². The Morgan fingerprint density at radius 1 is 1.00 bits per heavy atom. The van der Waals surface area contributed by atoms with Gasteiger partial charge in [0.05, 0.1) is 15.4 Å². The molecule has 0 aliphatic heterocycles. The van der Waals surface area contributed by atoms with E-state index >= 15 is 0 Å². The van der Waals surface area contributed by atoms with Crippen LogP contribution in [-0.2, 0) is 0 Å². The molecule has 6 heteroatoms. The van der Waals surface area contributed by atoms with Crippen LogP contribution < -0.4 is 10.6 Å². The first-order valence-electron chi connectivity index (χ1n) is 9.51. The fraction of sp³-hybridized carbons (Fsp3) is 0.304. The number of rotatable bonds is 4. The van der Waals surface area contributed by atoms with Gasteiger partial charge in [-0.3, -0.25) is 9.59 Å². The molecular weight excluding hydrogens is 404 g/mol. The lowest BCUT2D eigenvalue weighted by Gasteiger charge is -2.19. The smallest absolute Gasteiger partial charge is 0.263 e. The summed E-state index contributed by atoms with van der Waals surface area (Å²) in [6, 6.07) is 13.1. The molecule has 0 aliphatic rings. The minimum absolute atomic E-state index is 0.196. The van der Waals surface area contributed by atoms with Crippen molar-refractivity contribution in [3.05, 3.63) is 63.5 Å². The Morgan fingerprint density at radius 2 is 1.66 bits per heavy atom. The third-order valence-corrected chi connectivity index (χ3v) is 6.18. The van der Waals surface area contributed by atoms with Gasteiger partial charge < -0.3 is 10.6 Å². The van der Waals surface area contributed by atoms with Gasteiger partial charge in [-0.25, -0.2) is 0 Å². The zero-order valence-corrected chi connectivity index (χ0v) is 18.8. The maximum Gasteiger partial charge on any atom is 0.263 e. The molecule has 0 unspecified atom stereocenters. The van der Waals surface area contributed by atoms with Gasteiger partial charge >= 0.3 is 0 Å². The first-order chi connectivity index (χ1) is 13.6. The van der Waals surface area contributed by atoms with Crippen molar-refractivity contribution in [2.45, 2.75) is 46.1 Å². The zero-order valence-electron chi connectivity index (χ0n) is 17.2. The molecule has 29 heavy (non-hydrogen) atoms. The summed E-state index contributed by atoms with van der Waals surface area (Å²) in [6.45, 7) is 9.99. The molecule has 0 spiro atoms. The van der Waals surface area contributed by atoms with Crippen LogP contribution in [0.15, 0.2) is 42.5 Å². The SMILES string of the molecule is CC(C)c1ccc(C(=O)Nc2cccc3c(Cl)c(C(=O)NC(C)(C)C)sc23)cc1. The largest absolute Gasteiger partial charge is 0.347 e. The number of amides is 2. The van der Waals surface area contributed by atoms with Gasteiger partial charge in [-0.15, -0.1) is 11.3 Å². The van der Waals surface area contributed by atoms with Crippen molar-refractivity contribution in [2.24, 2.45) is 0 Å². The molecule has 0 atom stereocenters. The lowest BCUT2D eigenvalue weighted by atomic mass is 10.0. The number of fused-ring (bicyclic) bond motifs is 1. The van der Waals surface area contributed by atoms with Crippen LogP contribution >= 0.6 is 22.9 Å². The van der Waals surface area contributed by atoms with Crippen molar-refractivity contribution in [3.63, 3.8) is 0 Å². The molecular formula is C23H25ClN2O2S. The number of nitrogens with one attached hydrogen (secondary N) is 2. The van der Waals surface area contributed by atoms with Crippen LogP contribution in [0.5, 0.6) is 0 Å². The number of benzene rings is 2. The fourth-order valence-corrected chi connectivity index (χ4v) is 4.42. The number of halogens is 1. The van der Waals surface area contributed by atoms with E-state index in [1.807, 2.05) is 63.2 Å². The molecule has 152 valence electrons. The van der Waals surface area contributed by atoms with Gasteiger partial charge in [-0.1, -0.05) is 49.7 Å². The Labute approximate surface area is 180 Å². The molecule has 0 radical (unpaired) electrons. The minimum Gasteiger partial charge on any atom is -0.347 e. The molecule has 4 nitrogen and oxygen atoms in total. The highest BCUT2D eigenvalue weighted by molar-refractivity contribution is 7.22. The second kappa shape index (κ2) is 8.17. The Hall–Kier alpha value is -2.37. The van der Waals surface area contributed by atoms with E-state index in [0.717, 1.165) is 10.1 Å². The molecule has 0 saturated carbocycles. The van der Waals surface area contributed by atoms with E-state index in [2.05, 4.69) is 24.5 Å². The van der Waals surface area contributed by atoms with Crippen LogP contribution in [-0.4, -0.2) is 17.4 Å². The van der Waals surface area contributed by atoms with E-state index in [1.165, 1.54) is 16.9 Å². The predicted octanol–water partition coefficient (Wildman–Crippen LogP) is 6.46. The van der Waals surface area contributed by atoms with Gasteiger partial charge in [-0.2, -0.15) is 0 Å². The van der Waals surface area contributed by atoms with E-state index in [1.54, 1.807) is 0 Å². The summed E-state index contributed by atoms with van der Waals surface area (Å²) in [5.74, 6) is -0.00458. The average Bonchev–Trinajstić information content (AvgIpc) is 2.98. The topological polar surface area (TPSA) is 58.2 Å². The molecule has 0 fully saturated rings. The van der Waals surface area contributed by atoms with Crippen LogP contribution in [0, 0.1) is 0 Å². The highest BCUT2D eigenvalue weighted by atomic mass is 35.5. The van der Waals surface area contributed by atoms with Crippen LogP contribution in [0.3, 0.4) is 0 Å². The summed E-state index contributed by atoms with van der Waals surface area (Å²) in [7, 11) is 0. The van der Waals surface area contributed by atoms with Gasteiger partial charge in [0.2, 0.25) is 0 Å². The Bertz CT molecular complexity index is 1060. The van der Waals surface area contributed by atoms with E-state index in [4.69, 9.17) is 11.6 Å². The Morgan fingerprint density at radius 3 is 2.24 bits per heavy atom. The van der Waals surface area contributed by atoms with E-state index < -0.39 is 0 Å². The van der Waals surface area contributed by atoms with Crippen LogP contribution in [0.4, 0.5) is 5.69 Å². The average molecular weight is 429 g/mol. The predicted molar refractivity (Wildman–Crippen MR) is 123 cm³/mol. The second-order valence-electron chi connectivity index (χ2n) is 8.36. The summed E-state index contributed by atoms with van der Waals surface area (Å²) >= 11 is 7.77. The number of thiophene rings is 1. The summed E-state index contributed by atoms with van der Waals surface area (Å²) in [6.07, 6.45) is 0. The van der Waals surface area contributed by atoms with Crippen LogP contribution in [0.2, 0.25) is 5.02 Å².